The maximum atomic E-state index is 9.00. The SMILES string of the molecule is CC(=O)O.CC(C)(C)[Si](C)(C)OCCCCCCO. The summed E-state index contributed by atoms with van der Waals surface area (Å²) in [5.74, 6) is -0.833. The summed E-state index contributed by atoms with van der Waals surface area (Å²) in [6, 6.07) is 0. The van der Waals surface area contributed by atoms with Gasteiger partial charge in [0.15, 0.2) is 8.32 Å². The topological polar surface area (TPSA) is 66.8 Å². The summed E-state index contributed by atoms with van der Waals surface area (Å²) in [6.07, 6.45) is 4.36. The van der Waals surface area contributed by atoms with Crippen LogP contribution in [0.15, 0.2) is 0 Å². The first-order valence-electron chi connectivity index (χ1n) is 6.99. The van der Waals surface area contributed by atoms with Crippen LogP contribution in [0.4, 0.5) is 0 Å². The Kier molecular flexibility index (Phi) is 11.4. The predicted molar refractivity (Wildman–Crippen MR) is 82.0 cm³/mol. The fourth-order valence-electron chi connectivity index (χ4n) is 1.11. The number of carbonyl (C=O) groups is 1. The van der Waals surface area contributed by atoms with Gasteiger partial charge in [-0.1, -0.05) is 33.6 Å². The fourth-order valence-corrected chi connectivity index (χ4v) is 2.20. The quantitative estimate of drug-likeness (QED) is 0.555. The first-order valence-corrected chi connectivity index (χ1v) is 9.90. The van der Waals surface area contributed by atoms with Gasteiger partial charge in [-0.2, -0.15) is 0 Å². The molecule has 5 heteroatoms. The molecule has 0 saturated carbocycles. The van der Waals surface area contributed by atoms with Gasteiger partial charge in [-0.15, -0.1) is 0 Å². The lowest BCUT2D eigenvalue weighted by atomic mass is 10.2. The maximum Gasteiger partial charge on any atom is 0.300 e. The molecule has 0 spiro atoms. The molecule has 19 heavy (non-hydrogen) atoms. The normalized spacial score (nSPS) is 11.7. The van der Waals surface area contributed by atoms with Crippen LogP contribution in [0, 0.1) is 0 Å². The van der Waals surface area contributed by atoms with E-state index in [-0.39, 0.29) is 0 Å². The Balaban J connectivity index is 0. The molecule has 4 nitrogen and oxygen atoms in total. The first kappa shape index (κ1) is 20.9. The summed E-state index contributed by atoms with van der Waals surface area (Å²) in [5, 5.41) is 16.4. The van der Waals surface area contributed by atoms with E-state index in [4.69, 9.17) is 19.4 Å². The molecular weight excluding hydrogens is 260 g/mol. The van der Waals surface area contributed by atoms with Crippen LogP contribution in [-0.2, 0) is 9.22 Å². The molecule has 0 aliphatic carbocycles. The Morgan fingerprint density at radius 3 is 1.89 bits per heavy atom. The zero-order chi connectivity index (χ0) is 15.5. The highest BCUT2D eigenvalue weighted by atomic mass is 28.4. The summed E-state index contributed by atoms with van der Waals surface area (Å²) in [4.78, 5) is 9.00. The molecule has 0 rings (SSSR count). The highest BCUT2D eigenvalue weighted by Crippen LogP contribution is 2.36. The molecule has 0 atom stereocenters. The van der Waals surface area contributed by atoms with Crippen molar-refractivity contribution in [3.63, 3.8) is 0 Å². The average molecular weight is 292 g/mol. The number of aliphatic hydroxyl groups is 1. The second-order valence-corrected chi connectivity index (χ2v) is 11.1. The second kappa shape index (κ2) is 10.4. The molecule has 0 aromatic heterocycles. The van der Waals surface area contributed by atoms with Crippen molar-refractivity contribution in [2.24, 2.45) is 0 Å². The third-order valence-electron chi connectivity index (χ3n) is 3.32. The number of hydrogen-bond acceptors (Lipinski definition) is 3. The van der Waals surface area contributed by atoms with Crippen molar-refractivity contribution in [2.75, 3.05) is 13.2 Å². The van der Waals surface area contributed by atoms with Gasteiger partial charge in [0, 0.05) is 20.1 Å². The van der Waals surface area contributed by atoms with Crippen LogP contribution < -0.4 is 0 Å². The van der Waals surface area contributed by atoms with Crippen LogP contribution in [0.2, 0.25) is 18.1 Å². The van der Waals surface area contributed by atoms with E-state index in [0.717, 1.165) is 32.8 Å². The number of aliphatic carboxylic acids is 1. The van der Waals surface area contributed by atoms with Crippen LogP contribution in [0.1, 0.15) is 53.4 Å². The van der Waals surface area contributed by atoms with Gasteiger partial charge in [0.1, 0.15) is 0 Å². The predicted octanol–water partition coefficient (Wildman–Crippen LogP) is 3.65. The van der Waals surface area contributed by atoms with Crippen LogP contribution in [-0.4, -0.2) is 37.7 Å². The van der Waals surface area contributed by atoms with Crippen molar-refractivity contribution in [2.45, 2.75) is 71.5 Å². The molecule has 0 aliphatic heterocycles. The molecule has 0 aliphatic rings. The van der Waals surface area contributed by atoms with E-state index in [9.17, 15) is 0 Å². The van der Waals surface area contributed by atoms with E-state index >= 15 is 0 Å². The lowest BCUT2D eigenvalue weighted by Crippen LogP contribution is -2.40. The summed E-state index contributed by atoms with van der Waals surface area (Å²) in [7, 11) is -1.52. The zero-order valence-electron chi connectivity index (χ0n) is 13.5. The summed E-state index contributed by atoms with van der Waals surface area (Å²) in [6.45, 7) is 13.7. The van der Waals surface area contributed by atoms with E-state index in [1.54, 1.807) is 0 Å². The summed E-state index contributed by atoms with van der Waals surface area (Å²) >= 11 is 0. The van der Waals surface area contributed by atoms with Crippen LogP contribution in [0.5, 0.6) is 0 Å². The molecule has 0 saturated heterocycles. The van der Waals surface area contributed by atoms with Gasteiger partial charge >= 0.3 is 0 Å². The minimum Gasteiger partial charge on any atom is -0.481 e. The standard InChI is InChI=1S/C12H28O2Si.C2H4O2/c1-12(2,3)15(4,5)14-11-9-7-6-8-10-13;1-2(3)4/h13H,6-11H2,1-5H3;1H3,(H,3,4). The van der Waals surface area contributed by atoms with Crippen LogP contribution in [0.25, 0.3) is 0 Å². The first-order chi connectivity index (χ1) is 8.54. The monoisotopic (exact) mass is 292 g/mol. The molecule has 0 fully saturated rings. The smallest absolute Gasteiger partial charge is 0.300 e. The Hall–Kier alpha value is -0.393. The minimum absolute atomic E-state index is 0.318. The number of carboxylic acid groups (broad SMARTS) is 1. The van der Waals surface area contributed by atoms with Crippen LogP contribution >= 0.6 is 0 Å². The van der Waals surface area contributed by atoms with Gasteiger partial charge in [-0.05, 0) is 31.0 Å². The lowest BCUT2D eigenvalue weighted by molar-refractivity contribution is -0.134. The van der Waals surface area contributed by atoms with Gasteiger partial charge in [-0.3, -0.25) is 4.79 Å². The maximum absolute atomic E-state index is 9.00. The average Bonchev–Trinajstić information content (AvgIpc) is 2.20. The second-order valence-electron chi connectivity index (χ2n) is 6.27. The molecular formula is C14H32O4Si. The molecule has 0 aromatic carbocycles. The molecule has 0 aromatic rings. The number of hydrogen-bond donors (Lipinski definition) is 2. The van der Waals surface area contributed by atoms with E-state index in [0.29, 0.717) is 11.6 Å². The van der Waals surface area contributed by atoms with Crippen LogP contribution in [0.3, 0.4) is 0 Å². The van der Waals surface area contributed by atoms with E-state index in [1.807, 2.05) is 0 Å². The Bertz CT molecular complexity index is 230. The summed E-state index contributed by atoms with van der Waals surface area (Å²) in [5.41, 5.74) is 0. The number of aliphatic hydroxyl groups excluding tert-OH is 1. The van der Waals surface area contributed by atoms with Crippen molar-refractivity contribution in [1.29, 1.82) is 0 Å². The van der Waals surface area contributed by atoms with E-state index in [1.165, 1.54) is 6.42 Å². The van der Waals surface area contributed by atoms with Crippen molar-refractivity contribution in [3.8, 4) is 0 Å². The molecule has 0 heterocycles. The third-order valence-corrected chi connectivity index (χ3v) is 7.86. The number of carboxylic acids is 1. The van der Waals surface area contributed by atoms with Gasteiger partial charge in [0.25, 0.3) is 5.97 Å². The molecule has 0 unspecified atom stereocenters. The minimum atomic E-state index is -1.52. The zero-order valence-corrected chi connectivity index (χ0v) is 14.5. The Morgan fingerprint density at radius 2 is 1.53 bits per heavy atom. The highest BCUT2D eigenvalue weighted by Gasteiger charge is 2.36. The van der Waals surface area contributed by atoms with Crippen molar-refractivity contribution in [1.82, 2.24) is 0 Å². The number of rotatable bonds is 7. The number of unbranched alkanes of at least 4 members (excludes halogenated alkanes) is 3. The van der Waals surface area contributed by atoms with Gasteiger partial charge in [-0.25, -0.2) is 0 Å². The Morgan fingerprint density at radius 1 is 1.11 bits per heavy atom. The Labute approximate surface area is 119 Å². The molecule has 0 amide bonds. The molecule has 2 N–H and O–H groups in total. The third kappa shape index (κ3) is 13.8. The van der Waals surface area contributed by atoms with Crippen molar-refractivity contribution < 1.29 is 19.4 Å². The fraction of sp³-hybridized carbons (Fsp3) is 0.929. The summed E-state index contributed by atoms with van der Waals surface area (Å²) < 4.78 is 6.05. The highest BCUT2D eigenvalue weighted by molar-refractivity contribution is 6.74. The van der Waals surface area contributed by atoms with E-state index in [2.05, 4.69) is 33.9 Å². The largest absolute Gasteiger partial charge is 0.481 e. The van der Waals surface area contributed by atoms with Gasteiger partial charge < -0.3 is 14.6 Å². The van der Waals surface area contributed by atoms with Gasteiger partial charge in [0.2, 0.25) is 0 Å². The van der Waals surface area contributed by atoms with Crippen molar-refractivity contribution >= 4 is 14.3 Å². The molecule has 0 bridgehead atoms. The van der Waals surface area contributed by atoms with Crippen molar-refractivity contribution in [3.05, 3.63) is 0 Å². The van der Waals surface area contributed by atoms with Gasteiger partial charge in [0.05, 0.1) is 0 Å². The van der Waals surface area contributed by atoms with E-state index < -0.39 is 14.3 Å². The lowest BCUT2D eigenvalue weighted by Gasteiger charge is -2.36. The molecule has 0 radical (unpaired) electrons. The molecule has 116 valence electrons.